The number of benzene rings is 1. The molecule has 1 unspecified atom stereocenters. The van der Waals surface area contributed by atoms with Crippen LogP contribution in [0.3, 0.4) is 0 Å². The topological polar surface area (TPSA) is 42.0 Å². The van der Waals surface area contributed by atoms with Crippen LogP contribution in [0.1, 0.15) is 12.5 Å². The fourth-order valence-corrected chi connectivity index (χ4v) is 1.73. The molecule has 2 atom stereocenters. The zero-order valence-corrected chi connectivity index (χ0v) is 10.0. The number of epoxide rings is 1. The molecule has 1 N–H and O–H groups in total. The van der Waals surface area contributed by atoms with Gasteiger partial charge in [-0.05, 0) is 12.5 Å². The molecule has 1 aromatic carbocycles. The van der Waals surface area contributed by atoms with E-state index in [0.717, 1.165) is 12.2 Å². The molecule has 0 radical (unpaired) electrons. The molecule has 3 heteroatoms. The summed E-state index contributed by atoms with van der Waals surface area (Å²) in [6.45, 7) is 3.28. The van der Waals surface area contributed by atoms with Gasteiger partial charge >= 0.3 is 0 Å². The summed E-state index contributed by atoms with van der Waals surface area (Å²) in [5.74, 6) is 0. The molecule has 1 aromatic rings. The lowest BCUT2D eigenvalue weighted by molar-refractivity contribution is -0.0256. The van der Waals surface area contributed by atoms with Gasteiger partial charge in [0.05, 0.1) is 19.8 Å². The van der Waals surface area contributed by atoms with Crippen molar-refractivity contribution in [2.24, 2.45) is 0 Å². The van der Waals surface area contributed by atoms with E-state index in [2.05, 4.69) is 0 Å². The number of hydrogen-bond donors (Lipinski definition) is 1. The summed E-state index contributed by atoms with van der Waals surface area (Å²) in [5.41, 5.74) is 0.690. The number of aliphatic hydroxyl groups excluding tert-OH is 1. The molecule has 0 bridgehead atoms. The molecule has 1 aliphatic heterocycles. The van der Waals surface area contributed by atoms with E-state index in [0.29, 0.717) is 6.61 Å². The SMILES string of the molecule is C[C@@](/C=C\CO)(OCc1ccccc1)C1CO1. The molecule has 0 saturated carbocycles. The van der Waals surface area contributed by atoms with Crippen molar-refractivity contribution >= 4 is 0 Å². The van der Waals surface area contributed by atoms with Gasteiger partial charge < -0.3 is 14.6 Å². The second-order valence-corrected chi connectivity index (χ2v) is 4.37. The third-order valence-corrected chi connectivity index (χ3v) is 2.92. The van der Waals surface area contributed by atoms with E-state index in [1.807, 2.05) is 43.3 Å². The van der Waals surface area contributed by atoms with Crippen LogP contribution in [0.5, 0.6) is 0 Å². The van der Waals surface area contributed by atoms with Crippen LogP contribution in [0.4, 0.5) is 0 Å². The molecule has 17 heavy (non-hydrogen) atoms. The summed E-state index contributed by atoms with van der Waals surface area (Å²) in [5, 5.41) is 8.83. The second kappa shape index (κ2) is 5.45. The summed E-state index contributed by atoms with van der Waals surface area (Å²) >= 11 is 0. The van der Waals surface area contributed by atoms with Gasteiger partial charge in [0.2, 0.25) is 0 Å². The Kier molecular flexibility index (Phi) is 3.94. The predicted octanol–water partition coefficient (Wildman–Crippen LogP) is 1.91. The summed E-state index contributed by atoms with van der Waals surface area (Å²) in [6.07, 6.45) is 3.69. The Bertz CT molecular complexity index is 370. The van der Waals surface area contributed by atoms with Crippen LogP contribution < -0.4 is 0 Å². The molecule has 0 aliphatic carbocycles. The highest BCUT2D eigenvalue weighted by atomic mass is 16.6. The van der Waals surface area contributed by atoms with E-state index >= 15 is 0 Å². The molecule has 2 rings (SSSR count). The summed E-state index contributed by atoms with van der Waals surface area (Å²) < 4.78 is 11.2. The van der Waals surface area contributed by atoms with Crippen LogP contribution in [0.2, 0.25) is 0 Å². The highest BCUT2D eigenvalue weighted by Crippen LogP contribution is 2.30. The van der Waals surface area contributed by atoms with E-state index in [9.17, 15) is 0 Å². The van der Waals surface area contributed by atoms with Crippen molar-refractivity contribution in [3.05, 3.63) is 48.0 Å². The third kappa shape index (κ3) is 3.40. The zero-order chi connectivity index (χ0) is 12.1. The molecule has 0 spiro atoms. The van der Waals surface area contributed by atoms with Crippen molar-refractivity contribution in [3.63, 3.8) is 0 Å². The van der Waals surface area contributed by atoms with Gasteiger partial charge in [0.15, 0.2) is 0 Å². The minimum atomic E-state index is -0.446. The monoisotopic (exact) mass is 234 g/mol. The van der Waals surface area contributed by atoms with E-state index in [4.69, 9.17) is 14.6 Å². The Hall–Kier alpha value is -1.16. The summed E-state index contributed by atoms with van der Waals surface area (Å²) in [4.78, 5) is 0. The van der Waals surface area contributed by atoms with Crippen molar-refractivity contribution in [2.45, 2.75) is 25.2 Å². The minimum Gasteiger partial charge on any atom is -0.392 e. The van der Waals surface area contributed by atoms with E-state index in [-0.39, 0.29) is 12.7 Å². The molecular weight excluding hydrogens is 216 g/mol. The van der Waals surface area contributed by atoms with Crippen molar-refractivity contribution in [3.8, 4) is 0 Å². The van der Waals surface area contributed by atoms with Crippen molar-refractivity contribution in [2.75, 3.05) is 13.2 Å². The maximum Gasteiger partial charge on any atom is 0.113 e. The first-order chi connectivity index (χ1) is 8.24. The molecule has 1 saturated heterocycles. The Balaban J connectivity index is 1.96. The fourth-order valence-electron chi connectivity index (χ4n) is 1.73. The fraction of sp³-hybridized carbons (Fsp3) is 0.429. The maximum atomic E-state index is 8.83. The average molecular weight is 234 g/mol. The molecule has 0 amide bonds. The van der Waals surface area contributed by atoms with Gasteiger partial charge in [-0.2, -0.15) is 0 Å². The largest absolute Gasteiger partial charge is 0.392 e. The van der Waals surface area contributed by atoms with Gasteiger partial charge in [-0.15, -0.1) is 0 Å². The number of hydrogen-bond acceptors (Lipinski definition) is 3. The lowest BCUT2D eigenvalue weighted by Gasteiger charge is -2.24. The normalized spacial score (nSPS) is 22.6. The van der Waals surface area contributed by atoms with Crippen LogP contribution >= 0.6 is 0 Å². The predicted molar refractivity (Wildman–Crippen MR) is 65.6 cm³/mol. The Morgan fingerprint density at radius 1 is 1.47 bits per heavy atom. The highest BCUT2D eigenvalue weighted by molar-refractivity contribution is 5.15. The van der Waals surface area contributed by atoms with Gasteiger partial charge in [-0.3, -0.25) is 0 Å². The van der Waals surface area contributed by atoms with E-state index in [1.54, 1.807) is 6.08 Å². The lowest BCUT2D eigenvalue weighted by Crippen LogP contribution is -2.33. The van der Waals surface area contributed by atoms with E-state index in [1.165, 1.54) is 0 Å². The molecule has 1 heterocycles. The van der Waals surface area contributed by atoms with Crippen LogP contribution in [0, 0.1) is 0 Å². The Labute approximate surface area is 102 Å². The molecule has 92 valence electrons. The minimum absolute atomic E-state index is 0.0248. The molecule has 1 fully saturated rings. The Morgan fingerprint density at radius 3 is 2.76 bits per heavy atom. The van der Waals surface area contributed by atoms with Gasteiger partial charge in [0.25, 0.3) is 0 Å². The average Bonchev–Trinajstić information content (AvgIpc) is 3.20. The number of aliphatic hydroxyl groups is 1. The second-order valence-electron chi connectivity index (χ2n) is 4.37. The first kappa shape index (κ1) is 12.3. The van der Waals surface area contributed by atoms with E-state index < -0.39 is 5.60 Å². The van der Waals surface area contributed by atoms with Gasteiger partial charge in [-0.25, -0.2) is 0 Å². The maximum absolute atomic E-state index is 8.83. The van der Waals surface area contributed by atoms with Crippen LogP contribution in [0.25, 0.3) is 0 Å². The lowest BCUT2D eigenvalue weighted by atomic mass is 10.0. The molecule has 0 aromatic heterocycles. The van der Waals surface area contributed by atoms with Crippen molar-refractivity contribution in [1.82, 2.24) is 0 Å². The van der Waals surface area contributed by atoms with Crippen molar-refractivity contribution < 1.29 is 14.6 Å². The molecule has 1 aliphatic rings. The number of ether oxygens (including phenoxy) is 2. The molecular formula is C14H18O3. The first-order valence-electron chi connectivity index (χ1n) is 5.82. The van der Waals surface area contributed by atoms with Gasteiger partial charge in [0.1, 0.15) is 11.7 Å². The van der Waals surface area contributed by atoms with Gasteiger partial charge in [0, 0.05) is 0 Å². The summed E-state index contributed by atoms with van der Waals surface area (Å²) in [6, 6.07) is 10.0. The number of rotatable bonds is 6. The van der Waals surface area contributed by atoms with Crippen LogP contribution in [-0.4, -0.2) is 30.0 Å². The Morgan fingerprint density at radius 2 is 2.18 bits per heavy atom. The quantitative estimate of drug-likeness (QED) is 0.604. The molecule has 3 nitrogen and oxygen atoms in total. The zero-order valence-electron chi connectivity index (χ0n) is 10.0. The smallest absolute Gasteiger partial charge is 0.113 e. The van der Waals surface area contributed by atoms with Crippen LogP contribution in [-0.2, 0) is 16.1 Å². The third-order valence-electron chi connectivity index (χ3n) is 2.92. The highest BCUT2D eigenvalue weighted by Gasteiger charge is 2.42. The van der Waals surface area contributed by atoms with Gasteiger partial charge in [-0.1, -0.05) is 42.5 Å². The first-order valence-corrected chi connectivity index (χ1v) is 5.82. The van der Waals surface area contributed by atoms with Crippen molar-refractivity contribution in [1.29, 1.82) is 0 Å². The van der Waals surface area contributed by atoms with Crippen LogP contribution in [0.15, 0.2) is 42.5 Å². The standard InChI is InChI=1S/C14H18O3/c1-14(8-5-9-15,13-11-16-13)17-10-12-6-3-2-4-7-12/h2-8,13,15H,9-11H2,1H3/b8-5-/t13?,14-/m0/s1. The summed E-state index contributed by atoms with van der Waals surface area (Å²) in [7, 11) is 0.